The number of likely N-dealkylation sites (tertiary alicyclic amines) is 1. The van der Waals surface area contributed by atoms with Crippen LogP contribution < -0.4 is 0 Å². The van der Waals surface area contributed by atoms with Crippen LogP contribution in [-0.2, 0) is 13.0 Å². The molecule has 0 N–H and O–H groups in total. The first-order chi connectivity index (χ1) is 10.8. The van der Waals surface area contributed by atoms with E-state index in [2.05, 4.69) is 53.4 Å². The van der Waals surface area contributed by atoms with Crippen LogP contribution in [0.25, 0.3) is 0 Å². The predicted octanol–water partition coefficient (Wildman–Crippen LogP) is 3.86. The van der Waals surface area contributed by atoms with Gasteiger partial charge in [0.25, 0.3) is 0 Å². The van der Waals surface area contributed by atoms with Crippen LogP contribution in [0, 0.1) is 11.3 Å². The Balaban J connectivity index is 1.60. The van der Waals surface area contributed by atoms with Crippen molar-refractivity contribution < 1.29 is 0 Å². The summed E-state index contributed by atoms with van der Waals surface area (Å²) in [5.74, 6) is 0.612. The van der Waals surface area contributed by atoms with Crippen LogP contribution in [-0.4, -0.2) is 17.5 Å². The third-order valence-corrected chi connectivity index (χ3v) is 5.23. The second-order valence-electron chi connectivity index (χ2n) is 6.50. The molecule has 0 unspecified atom stereocenters. The summed E-state index contributed by atoms with van der Waals surface area (Å²) in [7, 11) is 0. The highest BCUT2D eigenvalue weighted by molar-refractivity contribution is 5.44. The van der Waals surface area contributed by atoms with E-state index in [0.717, 1.165) is 18.5 Å². The van der Waals surface area contributed by atoms with Gasteiger partial charge >= 0.3 is 0 Å². The lowest BCUT2D eigenvalue weighted by molar-refractivity contribution is 0.129. The van der Waals surface area contributed by atoms with Crippen LogP contribution in [0.1, 0.15) is 41.0 Å². The second kappa shape index (κ2) is 5.59. The minimum Gasteiger partial charge on any atom is -0.295 e. The first kappa shape index (κ1) is 13.5. The molecule has 22 heavy (non-hydrogen) atoms. The highest BCUT2D eigenvalue weighted by Gasteiger charge is 2.38. The molecule has 0 radical (unpaired) electrons. The molecule has 1 aliphatic heterocycles. The summed E-state index contributed by atoms with van der Waals surface area (Å²) in [6.45, 7) is 2.23. The predicted molar refractivity (Wildman–Crippen MR) is 87.5 cm³/mol. The molecule has 0 amide bonds. The average molecular weight is 288 g/mol. The van der Waals surface area contributed by atoms with Gasteiger partial charge in [-0.05, 0) is 54.6 Å². The van der Waals surface area contributed by atoms with Gasteiger partial charge in [0.15, 0.2) is 0 Å². The van der Waals surface area contributed by atoms with Crippen molar-refractivity contribution >= 4 is 0 Å². The van der Waals surface area contributed by atoms with Crippen LogP contribution in [0.4, 0.5) is 0 Å². The summed E-state index contributed by atoms with van der Waals surface area (Å²) >= 11 is 0. The van der Waals surface area contributed by atoms with E-state index < -0.39 is 0 Å². The lowest BCUT2D eigenvalue weighted by atomic mass is 9.88. The molecule has 1 saturated heterocycles. The van der Waals surface area contributed by atoms with E-state index >= 15 is 0 Å². The monoisotopic (exact) mass is 288 g/mol. The standard InChI is InChI=1S/C20H20N2/c21-13-16-8-9-17-12-20-18(19(17)11-16)7-4-10-22(20)14-15-5-2-1-3-6-15/h1-3,5-6,8-9,11,18,20H,4,7,10,12,14H2/t18-,20+/m1/s1. The summed E-state index contributed by atoms with van der Waals surface area (Å²) in [5, 5.41) is 9.15. The molecule has 2 aliphatic rings. The van der Waals surface area contributed by atoms with Gasteiger partial charge in [-0.1, -0.05) is 36.4 Å². The van der Waals surface area contributed by atoms with E-state index in [-0.39, 0.29) is 0 Å². The molecule has 110 valence electrons. The molecule has 0 aromatic heterocycles. The minimum absolute atomic E-state index is 0.609. The van der Waals surface area contributed by atoms with Crippen LogP contribution in [0.2, 0.25) is 0 Å². The van der Waals surface area contributed by atoms with Crippen molar-refractivity contribution in [3.05, 3.63) is 70.8 Å². The van der Waals surface area contributed by atoms with Gasteiger partial charge < -0.3 is 0 Å². The fourth-order valence-corrected chi connectivity index (χ4v) is 4.20. The average Bonchev–Trinajstić information content (AvgIpc) is 2.95. The van der Waals surface area contributed by atoms with Gasteiger partial charge in [-0.25, -0.2) is 0 Å². The Morgan fingerprint density at radius 3 is 2.82 bits per heavy atom. The highest BCUT2D eigenvalue weighted by Crippen LogP contribution is 2.42. The number of fused-ring (bicyclic) bond motifs is 3. The summed E-state index contributed by atoms with van der Waals surface area (Å²) < 4.78 is 0. The Kier molecular flexibility index (Phi) is 3.44. The fourth-order valence-electron chi connectivity index (χ4n) is 4.20. The van der Waals surface area contributed by atoms with Crippen LogP contribution >= 0.6 is 0 Å². The Morgan fingerprint density at radius 2 is 2.00 bits per heavy atom. The van der Waals surface area contributed by atoms with Crippen LogP contribution in [0.5, 0.6) is 0 Å². The molecule has 1 heterocycles. The Labute approximate surface area is 132 Å². The Morgan fingerprint density at radius 1 is 1.14 bits per heavy atom. The fraction of sp³-hybridized carbons (Fsp3) is 0.350. The maximum Gasteiger partial charge on any atom is 0.0991 e. The molecule has 4 rings (SSSR count). The van der Waals surface area contributed by atoms with Crippen molar-refractivity contribution in [2.45, 2.75) is 37.8 Å². The van der Waals surface area contributed by atoms with Gasteiger partial charge in [0, 0.05) is 18.5 Å². The molecule has 2 aromatic carbocycles. The third-order valence-electron chi connectivity index (χ3n) is 5.23. The maximum atomic E-state index is 9.15. The lowest BCUT2D eigenvalue weighted by Crippen LogP contribution is -2.42. The molecule has 1 fully saturated rings. The van der Waals surface area contributed by atoms with E-state index in [9.17, 15) is 0 Å². The number of nitrogens with zero attached hydrogens (tertiary/aromatic N) is 2. The van der Waals surface area contributed by atoms with Crippen LogP contribution in [0.3, 0.4) is 0 Å². The summed E-state index contributed by atoms with van der Waals surface area (Å²) in [5.41, 5.74) is 5.09. The third kappa shape index (κ3) is 2.32. The first-order valence-electron chi connectivity index (χ1n) is 8.16. The van der Waals surface area contributed by atoms with Crippen molar-refractivity contribution in [3.63, 3.8) is 0 Å². The van der Waals surface area contributed by atoms with Crippen molar-refractivity contribution in [1.82, 2.24) is 4.90 Å². The Bertz CT molecular complexity index is 714. The molecule has 0 bridgehead atoms. The summed E-state index contributed by atoms with van der Waals surface area (Å²) in [4.78, 5) is 2.65. The zero-order valence-electron chi connectivity index (χ0n) is 12.7. The normalized spacial score (nSPS) is 23.6. The number of nitriles is 1. The molecule has 2 heteroatoms. The molecular weight excluding hydrogens is 268 g/mol. The van der Waals surface area contributed by atoms with Crippen molar-refractivity contribution in [2.24, 2.45) is 0 Å². The number of hydrogen-bond acceptors (Lipinski definition) is 2. The van der Waals surface area contributed by atoms with E-state index in [1.165, 1.54) is 36.1 Å². The zero-order chi connectivity index (χ0) is 14.9. The molecule has 2 aromatic rings. The smallest absolute Gasteiger partial charge is 0.0991 e. The van der Waals surface area contributed by atoms with Gasteiger partial charge in [-0.15, -0.1) is 0 Å². The van der Waals surface area contributed by atoms with E-state index in [4.69, 9.17) is 5.26 Å². The lowest BCUT2D eigenvalue weighted by Gasteiger charge is -2.38. The molecule has 1 aliphatic carbocycles. The van der Waals surface area contributed by atoms with E-state index in [1.54, 1.807) is 0 Å². The molecule has 2 nitrogen and oxygen atoms in total. The molecule has 0 saturated carbocycles. The number of hydrogen-bond donors (Lipinski definition) is 0. The second-order valence-corrected chi connectivity index (χ2v) is 6.50. The van der Waals surface area contributed by atoms with Crippen LogP contribution in [0.15, 0.2) is 48.5 Å². The quantitative estimate of drug-likeness (QED) is 0.839. The van der Waals surface area contributed by atoms with Gasteiger partial charge in [0.1, 0.15) is 0 Å². The van der Waals surface area contributed by atoms with Gasteiger partial charge in [0.05, 0.1) is 11.6 Å². The SMILES string of the molecule is N#Cc1ccc2c(c1)[C@H]1CCCN(Cc3ccccc3)[C@H]1C2. The molecule has 0 spiro atoms. The molecule has 2 atom stereocenters. The number of piperidine rings is 1. The zero-order valence-corrected chi connectivity index (χ0v) is 12.7. The van der Waals surface area contributed by atoms with Crippen molar-refractivity contribution in [1.29, 1.82) is 5.26 Å². The van der Waals surface area contributed by atoms with Crippen molar-refractivity contribution in [2.75, 3.05) is 6.54 Å². The summed E-state index contributed by atoms with van der Waals surface area (Å²) in [6, 6.07) is 19.9. The van der Waals surface area contributed by atoms with E-state index in [0.29, 0.717) is 12.0 Å². The van der Waals surface area contributed by atoms with Gasteiger partial charge in [-0.2, -0.15) is 5.26 Å². The van der Waals surface area contributed by atoms with Gasteiger partial charge in [0.2, 0.25) is 0 Å². The summed E-state index contributed by atoms with van der Waals surface area (Å²) in [6.07, 6.45) is 3.65. The highest BCUT2D eigenvalue weighted by atomic mass is 15.2. The first-order valence-corrected chi connectivity index (χ1v) is 8.16. The van der Waals surface area contributed by atoms with Gasteiger partial charge in [-0.3, -0.25) is 4.90 Å². The molecular formula is C20H20N2. The number of rotatable bonds is 2. The topological polar surface area (TPSA) is 27.0 Å². The van der Waals surface area contributed by atoms with Crippen molar-refractivity contribution in [3.8, 4) is 6.07 Å². The maximum absolute atomic E-state index is 9.15. The minimum atomic E-state index is 0.609. The largest absolute Gasteiger partial charge is 0.295 e. The Hall–Kier alpha value is -2.11. The van der Waals surface area contributed by atoms with E-state index in [1.807, 2.05) is 6.07 Å². The number of benzene rings is 2.